The average molecular weight is 286 g/mol. The highest BCUT2D eigenvalue weighted by Crippen LogP contribution is 2.56. The van der Waals surface area contributed by atoms with Crippen LogP contribution in [0.3, 0.4) is 0 Å². The maximum absolute atomic E-state index is 11.6. The predicted molar refractivity (Wildman–Crippen MR) is 84.3 cm³/mol. The van der Waals surface area contributed by atoms with Crippen LogP contribution in [0.5, 0.6) is 5.75 Å². The molecule has 2 saturated carbocycles. The molecule has 0 spiro atoms. The third-order valence-electron chi connectivity index (χ3n) is 6.00. The van der Waals surface area contributed by atoms with E-state index >= 15 is 0 Å². The Balaban J connectivity index is 1.99. The molecule has 0 aliphatic heterocycles. The van der Waals surface area contributed by atoms with Crippen molar-refractivity contribution in [2.24, 2.45) is 17.8 Å². The van der Waals surface area contributed by atoms with E-state index in [0.29, 0.717) is 23.4 Å². The number of carbonyl (C=O) groups excluding carboxylic acids is 1. The van der Waals surface area contributed by atoms with Gasteiger partial charge < -0.3 is 5.11 Å². The molecule has 2 aliphatic rings. The highest BCUT2D eigenvalue weighted by molar-refractivity contribution is 5.79. The molecule has 2 heteroatoms. The molecule has 1 aromatic rings. The first kappa shape index (κ1) is 14.6. The van der Waals surface area contributed by atoms with Crippen LogP contribution in [0.2, 0.25) is 0 Å². The Morgan fingerprint density at radius 2 is 1.71 bits per heavy atom. The smallest absolute Gasteiger partial charge is 0.132 e. The van der Waals surface area contributed by atoms with Crippen molar-refractivity contribution in [1.82, 2.24) is 0 Å². The first-order chi connectivity index (χ1) is 10.0. The van der Waals surface area contributed by atoms with Gasteiger partial charge in [-0.25, -0.2) is 0 Å². The lowest BCUT2D eigenvalue weighted by Crippen LogP contribution is -2.40. The summed E-state index contributed by atoms with van der Waals surface area (Å²) in [6, 6.07) is 7.86. The van der Waals surface area contributed by atoms with Crippen LogP contribution in [0.15, 0.2) is 24.3 Å². The minimum atomic E-state index is 0.202. The van der Waals surface area contributed by atoms with Crippen molar-refractivity contribution >= 4 is 5.78 Å². The number of phenols is 1. The average Bonchev–Trinajstić information content (AvgIpc) is 2.76. The summed E-state index contributed by atoms with van der Waals surface area (Å²) in [5.41, 5.74) is 1.57. The van der Waals surface area contributed by atoms with Gasteiger partial charge in [0.2, 0.25) is 0 Å². The molecule has 2 nitrogen and oxygen atoms in total. The van der Waals surface area contributed by atoms with Gasteiger partial charge in [-0.15, -0.1) is 0 Å². The fourth-order valence-corrected chi connectivity index (χ4v) is 5.11. The zero-order valence-electron chi connectivity index (χ0n) is 13.1. The Bertz CT molecular complexity index is 509. The summed E-state index contributed by atoms with van der Waals surface area (Å²) in [5, 5.41) is 9.60. The molecule has 3 unspecified atom stereocenters. The summed E-state index contributed by atoms with van der Waals surface area (Å²) < 4.78 is 0. The van der Waals surface area contributed by atoms with Crippen LogP contribution in [-0.2, 0) is 10.2 Å². The summed E-state index contributed by atoms with van der Waals surface area (Å²) in [7, 11) is 0. The molecule has 1 aromatic carbocycles. The van der Waals surface area contributed by atoms with Crippen molar-refractivity contribution in [3.05, 3.63) is 29.8 Å². The minimum absolute atomic E-state index is 0.202. The fraction of sp³-hybridized carbons (Fsp3) is 0.632. The normalized spacial score (nSPS) is 34.3. The van der Waals surface area contributed by atoms with Crippen molar-refractivity contribution in [3.8, 4) is 5.75 Å². The summed E-state index contributed by atoms with van der Waals surface area (Å²) in [6.07, 6.45) is 6.08. The Morgan fingerprint density at radius 1 is 1.10 bits per heavy atom. The van der Waals surface area contributed by atoms with Crippen LogP contribution >= 0.6 is 0 Å². The van der Waals surface area contributed by atoms with Gasteiger partial charge >= 0.3 is 0 Å². The molecule has 3 atom stereocenters. The number of aromatic hydroxyl groups is 1. The van der Waals surface area contributed by atoms with E-state index in [2.05, 4.69) is 26.0 Å². The van der Waals surface area contributed by atoms with Gasteiger partial charge in [-0.2, -0.15) is 0 Å². The first-order valence-corrected chi connectivity index (χ1v) is 8.33. The molecule has 0 bridgehead atoms. The number of hydrogen-bond donors (Lipinski definition) is 1. The lowest BCUT2D eigenvalue weighted by atomic mass is 9.60. The molecule has 0 amide bonds. The SMILES string of the molecule is CC1CC(C)C(c2ccc(O)cc2)(C2CCC(=O)CC2)C1. The van der Waals surface area contributed by atoms with Crippen molar-refractivity contribution in [2.45, 2.75) is 57.8 Å². The van der Waals surface area contributed by atoms with Crippen molar-refractivity contribution in [2.75, 3.05) is 0 Å². The number of ketones is 1. The number of carbonyl (C=O) groups is 1. The second kappa shape index (κ2) is 5.47. The van der Waals surface area contributed by atoms with E-state index in [9.17, 15) is 9.90 Å². The van der Waals surface area contributed by atoms with E-state index in [4.69, 9.17) is 0 Å². The lowest BCUT2D eigenvalue weighted by Gasteiger charge is -2.44. The summed E-state index contributed by atoms with van der Waals surface area (Å²) in [4.78, 5) is 11.6. The maximum atomic E-state index is 11.6. The van der Waals surface area contributed by atoms with Crippen LogP contribution in [0.1, 0.15) is 57.9 Å². The van der Waals surface area contributed by atoms with Crippen molar-refractivity contribution < 1.29 is 9.90 Å². The van der Waals surface area contributed by atoms with Crippen molar-refractivity contribution in [3.63, 3.8) is 0 Å². The van der Waals surface area contributed by atoms with Gasteiger partial charge in [0.15, 0.2) is 0 Å². The van der Waals surface area contributed by atoms with Gasteiger partial charge in [0.1, 0.15) is 11.5 Å². The number of hydrogen-bond acceptors (Lipinski definition) is 2. The van der Waals surface area contributed by atoms with E-state index in [1.165, 1.54) is 18.4 Å². The van der Waals surface area contributed by atoms with E-state index < -0.39 is 0 Å². The standard InChI is InChI=1S/C19H26O2/c1-13-11-14(2)19(12-13,15-3-7-17(20)8-4-15)16-5-9-18(21)10-6-16/h3-4,7-8,13-14,16,20H,5-6,9-12H2,1-2H3. The van der Waals surface area contributed by atoms with Gasteiger partial charge in [0.05, 0.1) is 0 Å². The molecule has 0 radical (unpaired) electrons. The number of benzene rings is 1. The molecular weight excluding hydrogens is 260 g/mol. The Labute approximate surface area is 127 Å². The molecule has 114 valence electrons. The van der Waals surface area contributed by atoms with Gasteiger partial charge in [-0.3, -0.25) is 4.79 Å². The van der Waals surface area contributed by atoms with E-state index in [0.717, 1.165) is 31.6 Å². The number of rotatable bonds is 2. The predicted octanol–water partition coefficient (Wildman–Crippen LogP) is 4.46. The maximum Gasteiger partial charge on any atom is 0.132 e. The van der Waals surface area contributed by atoms with Crippen LogP contribution in [0.25, 0.3) is 0 Å². The monoisotopic (exact) mass is 286 g/mol. The molecule has 2 fully saturated rings. The molecule has 0 heterocycles. The summed E-state index contributed by atoms with van der Waals surface area (Å²) >= 11 is 0. The largest absolute Gasteiger partial charge is 0.508 e. The highest BCUT2D eigenvalue weighted by Gasteiger charge is 2.50. The quantitative estimate of drug-likeness (QED) is 0.871. The second-order valence-electron chi connectivity index (χ2n) is 7.35. The Hall–Kier alpha value is -1.31. The lowest BCUT2D eigenvalue weighted by molar-refractivity contribution is -0.121. The van der Waals surface area contributed by atoms with Crippen LogP contribution in [0, 0.1) is 17.8 Å². The molecule has 21 heavy (non-hydrogen) atoms. The fourth-order valence-electron chi connectivity index (χ4n) is 5.11. The summed E-state index contributed by atoms with van der Waals surface area (Å²) in [5.74, 6) is 2.78. The van der Waals surface area contributed by atoms with Crippen molar-refractivity contribution in [1.29, 1.82) is 0 Å². The molecule has 2 aliphatic carbocycles. The highest BCUT2D eigenvalue weighted by atomic mass is 16.3. The second-order valence-corrected chi connectivity index (χ2v) is 7.35. The van der Waals surface area contributed by atoms with Gasteiger partial charge in [-0.1, -0.05) is 26.0 Å². The van der Waals surface area contributed by atoms with Gasteiger partial charge in [0.25, 0.3) is 0 Å². The molecular formula is C19H26O2. The molecule has 1 N–H and O–H groups in total. The van der Waals surface area contributed by atoms with E-state index in [1.807, 2.05) is 12.1 Å². The number of phenolic OH excluding ortho intramolecular Hbond substituents is 1. The molecule has 3 rings (SSSR count). The van der Waals surface area contributed by atoms with Crippen LogP contribution in [-0.4, -0.2) is 10.9 Å². The summed E-state index contributed by atoms with van der Waals surface area (Å²) in [6.45, 7) is 4.74. The van der Waals surface area contributed by atoms with E-state index in [1.54, 1.807) is 0 Å². The zero-order chi connectivity index (χ0) is 15.0. The van der Waals surface area contributed by atoms with Crippen LogP contribution in [0.4, 0.5) is 0 Å². The molecule has 0 aromatic heterocycles. The first-order valence-electron chi connectivity index (χ1n) is 8.33. The topological polar surface area (TPSA) is 37.3 Å². The zero-order valence-corrected chi connectivity index (χ0v) is 13.1. The van der Waals surface area contributed by atoms with Crippen LogP contribution < -0.4 is 0 Å². The van der Waals surface area contributed by atoms with Gasteiger partial charge in [-0.05, 0) is 61.1 Å². The van der Waals surface area contributed by atoms with Gasteiger partial charge in [0, 0.05) is 18.3 Å². The third-order valence-corrected chi connectivity index (χ3v) is 6.00. The van der Waals surface area contributed by atoms with E-state index in [-0.39, 0.29) is 5.41 Å². The Morgan fingerprint density at radius 3 is 2.24 bits per heavy atom. The molecule has 0 saturated heterocycles. The number of Topliss-reactive ketones (excluding diaryl/α,β-unsaturated/α-hetero) is 1. The Kier molecular flexibility index (Phi) is 3.81. The third kappa shape index (κ3) is 2.49. The minimum Gasteiger partial charge on any atom is -0.508 e.